The lowest BCUT2D eigenvalue weighted by molar-refractivity contribution is -0.110. The summed E-state index contributed by atoms with van der Waals surface area (Å²) in [4.78, 5) is 14.9. The van der Waals surface area contributed by atoms with Crippen molar-refractivity contribution in [3.63, 3.8) is 0 Å². The van der Waals surface area contributed by atoms with Gasteiger partial charge in [-0.05, 0) is 62.8 Å². The number of carbonyl (C=O) groups excluding carboxylic acids is 1. The van der Waals surface area contributed by atoms with Crippen LogP contribution in [0, 0.1) is 13.8 Å². The second-order valence-corrected chi connectivity index (χ2v) is 7.65. The van der Waals surface area contributed by atoms with Crippen LogP contribution in [0.2, 0.25) is 0 Å². The largest absolute Gasteiger partial charge is 0.344 e. The third-order valence-corrected chi connectivity index (χ3v) is 5.62. The number of hydrogen-bond donors (Lipinski definition) is 1. The summed E-state index contributed by atoms with van der Waals surface area (Å²) in [5.74, 6) is -0.0355. The van der Waals surface area contributed by atoms with E-state index < -0.39 is 0 Å². The highest BCUT2D eigenvalue weighted by Crippen LogP contribution is 2.35. The van der Waals surface area contributed by atoms with Crippen LogP contribution in [0.15, 0.2) is 28.7 Å². The summed E-state index contributed by atoms with van der Waals surface area (Å²) in [6, 6.07) is 8.09. The highest BCUT2D eigenvalue weighted by atomic mass is 79.9. The summed E-state index contributed by atoms with van der Waals surface area (Å²) in [6.07, 6.45) is 2.04. The molecule has 0 unspecified atom stereocenters. The van der Waals surface area contributed by atoms with E-state index in [0.717, 1.165) is 53.2 Å². The zero-order valence-corrected chi connectivity index (χ0v) is 17.5. The van der Waals surface area contributed by atoms with E-state index in [1.165, 1.54) is 11.3 Å². The molecule has 4 nitrogen and oxygen atoms in total. The van der Waals surface area contributed by atoms with Crippen LogP contribution in [-0.2, 0) is 11.3 Å². The van der Waals surface area contributed by atoms with E-state index in [1.54, 1.807) is 0 Å². The number of amides is 1. The van der Waals surface area contributed by atoms with E-state index in [1.807, 2.05) is 24.3 Å². The van der Waals surface area contributed by atoms with Crippen molar-refractivity contribution in [2.75, 3.05) is 25.0 Å². The van der Waals surface area contributed by atoms with E-state index in [9.17, 15) is 4.79 Å². The minimum atomic E-state index is -0.0355. The third-order valence-electron chi connectivity index (χ3n) is 5.13. The van der Waals surface area contributed by atoms with E-state index >= 15 is 0 Å². The quantitative estimate of drug-likeness (QED) is 0.693. The van der Waals surface area contributed by atoms with Crippen molar-refractivity contribution in [3.8, 4) is 0 Å². The van der Waals surface area contributed by atoms with Crippen LogP contribution < -0.4 is 5.32 Å². The van der Waals surface area contributed by atoms with Gasteiger partial charge in [0.1, 0.15) is 0 Å². The molecule has 0 saturated carbocycles. The minimum absolute atomic E-state index is 0.0355. The maximum atomic E-state index is 12.5. The average molecular weight is 416 g/mol. The van der Waals surface area contributed by atoms with Gasteiger partial charge >= 0.3 is 0 Å². The number of likely N-dealkylation sites (N-methyl/N-ethyl adjacent to an activating group) is 1. The maximum absolute atomic E-state index is 12.5. The van der Waals surface area contributed by atoms with Gasteiger partial charge in [-0.25, -0.2) is 0 Å². The number of halogens is 1. The number of hydrogen-bond acceptors (Lipinski definition) is 2. The Morgan fingerprint density at radius 3 is 2.62 bits per heavy atom. The standard InChI is InChI=1S/C21H26BrN3O/c1-5-24(6-2)9-10-25-15(4)11-14(3)20(25)13-18-17-12-16(22)7-8-19(17)23-21(18)26/h7-8,11-13H,5-6,9-10H2,1-4H3,(H,23,26)/b18-13-. The molecule has 1 aliphatic rings. The Hall–Kier alpha value is -1.85. The highest BCUT2D eigenvalue weighted by Gasteiger charge is 2.25. The van der Waals surface area contributed by atoms with Crippen LogP contribution in [0.1, 0.15) is 36.4 Å². The molecular formula is C21H26BrN3O. The minimum Gasteiger partial charge on any atom is -0.344 e. The summed E-state index contributed by atoms with van der Waals surface area (Å²) in [6.45, 7) is 12.7. The number of nitrogens with zero attached hydrogens (tertiary/aromatic N) is 2. The molecule has 0 radical (unpaired) electrons. The summed E-state index contributed by atoms with van der Waals surface area (Å²) >= 11 is 3.51. The van der Waals surface area contributed by atoms with Crippen LogP contribution in [-0.4, -0.2) is 35.0 Å². The third kappa shape index (κ3) is 3.64. The molecule has 0 fully saturated rings. The molecule has 138 valence electrons. The fraction of sp³-hybridized carbons (Fsp3) is 0.381. The molecule has 0 bridgehead atoms. The molecule has 1 aromatic heterocycles. The zero-order valence-electron chi connectivity index (χ0n) is 15.9. The number of rotatable bonds is 6. The fourth-order valence-corrected chi connectivity index (χ4v) is 3.94. The van der Waals surface area contributed by atoms with Crippen LogP contribution in [0.25, 0.3) is 11.6 Å². The monoisotopic (exact) mass is 415 g/mol. The van der Waals surface area contributed by atoms with Crippen molar-refractivity contribution >= 4 is 39.2 Å². The van der Waals surface area contributed by atoms with Gasteiger partial charge < -0.3 is 14.8 Å². The van der Waals surface area contributed by atoms with Crippen molar-refractivity contribution < 1.29 is 4.79 Å². The van der Waals surface area contributed by atoms with Crippen LogP contribution in [0.4, 0.5) is 5.69 Å². The van der Waals surface area contributed by atoms with Crippen molar-refractivity contribution in [1.29, 1.82) is 0 Å². The van der Waals surface area contributed by atoms with Crippen LogP contribution >= 0.6 is 15.9 Å². The Morgan fingerprint density at radius 1 is 1.19 bits per heavy atom. The molecule has 1 aromatic carbocycles. The van der Waals surface area contributed by atoms with Gasteiger partial charge in [0.2, 0.25) is 0 Å². The van der Waals surface area contributed by atoms with Crippen LogP contribution in [0.3, 0.4) is 0 Å². The number of aryl methyl sites for hydroxylation is 2. The first-order chi connectivity index (χ1) is 12.4. The normalized spacial score (nSPS) is 15.0. The highest BCUT2D eigenvalue weighted by molar-refractivity contribution is 9.10. The Bertz CT molecular complexity index is 862. The number of nitrogens with one attached hydrogen (secondary N) is 1. The second kappa shape index (κ2) is 7.80. The van der Waals surface area contributed by atoms with Gasteiger partial charge in [0.25, 0.3) is 5.91 Å². The van der Waals surface area contributed by atoms with Crippen molar-refractivity contribution in [3.05, 3.63) is 51.3 Å². The molecule has 1 N–H and O–H groups in total. The van der Waals surface area contributed by atoms with Gasteiger partial charge in [-0.15, -0.1) is 0 Å². The number of anilines is 1. The number of fused-ring (bicyclic) bond motifs is 1. The lowest BCUT2D eigenvalue weighted by Crippen LogP contribution is -2.27. The van der Waals surface area contributed by atoms with Crippen molar-refractivity contribution in [1.82, 2.24) is 9.47 Å². The lowest BCUT2D eigenvalue weighted by atomic mass is 10.1. The lowest BCUT2D eigenvalue weighted by Gasteiger charge is -2.20. The Labute approximate surface area is 164 Å². The molecule has 1 aliphatic heterocycles. The first-order valence-corrected chi connectivity index (χ1v) is 9.96. The van der Waals surface area contributed by atoms with Crippen molar-refractivity contribution in [2.24, 2.45) is 0 Å². The summed E-state index contributed by atoms with van der Waals surface area (Å²) in [5.41, 5.74) is 6.11. The SMILES string of the molecule is CCN(CC)CCn1c(C)cc(C)c1/C=C1\C(=O)Nc2ccc(Br)cc21. The van der Waals surface area contributed by atoms with E-state index in [-0.39, 0.29) is 5.91 Å². The predicted molar refractivity (Wildman–Crippen MR) is 112 cm³/mol. The van der Waals surface area contributed by atoms with E-state index in [4.69, 9.17) is 0 Å². The molecular weight excluding hydrogens is 390 g/mol. The van der Waals surface area contributed by atoms with Gasteiger partial charge in [-0.2, -0.15) is 0 Å². The van der Waals surface area contributed by atoms with Gasteiger partial charge in [0, 0.05) is 40.2 Å². The van der Waals surface area contributed by atoms with E-state index in [0.29, 0.717) is 0 Å². The molecule has 3 rings (SSSR count). The molecule has 0 spiro atoms. The Morgan fingerprint density at radius 2 is 1.92 bits per heavy atom. The number of carbonyl (C=O) groups is 1. The molecule has 5 heteroatoms. The molecule has 0 atom stereocenters. The predicted octanol–water partition coefficient (Wildman–Crippen LogP) is 4.70. The molecule has 2 heterocycles. The first-order valence-electron chi connectivity index (χ1n) is 9.16. The smallest absolute Gasteiger partial charge is 0.256 e. The first kappa shape index (κ1) is 18.9. The second-order valence-electron chi connectivity index (χ2n) is 6.73. The van der Waals surface area contributed by atoms with Gasteiger partial charge in [-0.1, -0.05) is 29.8 Å². The topological polar surface area (TPSA) is 37.3 Å². The Kier molecular flexibility index (Phi) is 5.68. The maximum Gasteiger partial charge on any atom is 0.256 e. The van der Waals surface area contributed by atoms with Crippen LogP contribution in [0.5, 0.6) is 0 Å². The number of benzene rings is 1. The molecule has 0 saturated heterocycles. The van der Waals surface area contributed by atoms with E-state index in [2.05, 4.69) is 64.5 Å². The van der Waals surface area contributed by atoms with Gasteiger partial charge in [0.15, 0.2) is 0 Å². The summed E-state index contributed by atoms with van der Waals surface area (Å²) in [5, 5.41) is 2.96. The fourth-order valence-electron chi connectivity index (χ4n) is 3.58. The summed E-state index contributed by atoms with van der Waals surface area (Å²) in [7, 11) is 0. The zero-order chi connectivity index (χ0) is 18.8. The average Bonchev–Trinajstić information content (AvgIpc) is 3.06. The Balaban J connectivity index is 1.99. The molecule has 0 aliphatic carbocycles. The van der Waals surface area contributed by atoms with Crippen molar-refractivity contribution in [2.45, 2.75) is 34.2 Å². The molecule has 1 amide bonds. The van der Waals surface area contributed by atoms with Gasteiger partial charge in [0.05, 0.1) is 5.57 Å². The van der Waals surface area contributed by atoms with Gasteiger partial charge in [-0.3, -0.25) is 4.79 Å². The molecule has 26 heavy (non-hydrogen) atoms. The molecule has 2 aromatic rings. The summed E-state index contributed by atoms with van der Waals surface area (Å²) < 4.78 is 3.30. The number of aromatic nitrogens is 1.